The molecule has 1 amide bonds. The van der Waals surface area contributed by atoms with Crippen molar-refractivity contribution in [2.75, 3.05) is 5.32 Å². The molecule has 7 nitrogen and oxygen atoms in total. The molecule has 2 aromatic rings. The second kappa shape index (κ2) is 5.29. The number of amides is 1. The number of nitrogens with one attached hydrogen (secondary N) is 1. The number of hydrogen-bond donors (Lipinski definition) is 2. The van der Waals surface area contributed by atoms with Crippen LogP contribution in [0.4, 0.5) is 11.4 Å². The summed E-state index contributed by atoms with van der Waals surface area (Å²) in [6.45, 7) is 0. The topological polar surface area (TPSA) is 110 Å². The number of nitrogens with zero attached hydrogens (tertiary/aromatic N) is 1. The van der Waals surface area contributed by atoms with Crippen LogP contribution in [0.15, 0.2) is 48.5 Å². The number of carbonyl (C=O) groups excluding carboxylic acids is 2. The van der Waals surface area contributed by atoms with Crippen molar-refractivity contribution in [3.63, 3.8) is 0 Å². The molecule has 0 aromatic heterocycles. The number of nitro benzene ring substituents is 1. The number of fused-ring (bicyclic) bond motifs is 1. The fourth-order valence-electron chi connectivity index (χ4n) is 2.58. The number of carbonyl (C=O) groups is 2. The Morgan fingerprint density at radius 2 is 1.83 bits per heavy atom. The van der Waals surface area contributed by atoms with Gasteiger partial charge in [0.1, 0.15) is 0 Å². The van der Waals surface area contributed by atoms with Crippen LogP contribution in [0.1, 0.15) is 22.3 Å². The number of non-ortho nitro benzene ring substituents is 1. The van der Waals surface area contributed by atoms with E-state index in [-0.39, 0.29) is 11.3 Å². The molecule has 7 heteroatoms. The van der Waals surface area contributed by atoms with Gasteiger partial charge in [0, 0.05) is 28.9 Å². The molecule has 0 radical (unpaired) electrons. The number of para-hydroxylation sites is 1. The normalized spacial score (nSPS) is 19.1. The van der Waals surface area contributed by atoms with E-state index in [0.29, 0.717) is 11.3 Å². The largest absolute Gasteiger partial charge is 0.375 e. The highest BCUT2D eigenvalue weighted by molar-refractivity contribution is 6.09. The lowest BCUT2D eigenvalue weighted by atomic mass is 9.88. The number of anilines is 1. The first-order valence-corrected chi connectivity index (χ1v) is 6.83. The smallest absolute Gasteiger partial charge is 0.269 e. The lowest BCUT2D eigenvalue weighted by Gasteiger charge is -2.19. The SMILES string of the molecule is O=C(C[C@]1(O)C(=O)Nc2ccccc21)c1ccc([N+](=O)[O-])cc1. The molecule has 1 aliphatic heterocycles. The molecule has 23 heavy (non-hydrogen) atoms. The fraction of sp³-hybridized carbons (Fsp3) is 0.125. The van der Waals surface area contributed by atoms with Gasteiger partial charge < -0.3 is 10.4 Å². The molecule has 0 unspecified atom stereocenters. The van der Waals surface area contributed by atoms with Crippen molar-refractivity contribution in [3.05, 3.63) is 69.8 Å². The minimum Gasteiger partial charge on any atom is -0.375 e. The number of rotatable bonds is 4. The maximum absolute atomic E-state index is 12.3. The van der Waals surface area contributed by atoms with Gasteiger partial charge in [0.2, 0.25) is 0 Å². The Hall–Kier alpha value is -3.06. The maximum atomic E-state index is 12.3. The molecule has 1 heterocycles. The summed E-state index contributed by atoms with van der Waals surface area (Å²) in [7, 11) is 0. The van der Waals surface area contributed by atoms with Crippen LogP contribution in [-0.4, -0.2) is 21.7 Å². The Kier molecular flexibility index (Phi) is 3.42. The van der Waals surface area contributed by atoms with Crippen LogP contribution in [0.5, 0.6) is 0 Å². The van der Waals surface area contributed by atoms with Crippen molar-refractivity contribution >= 4 is 23.1 Å². The lowest BCUT2D eigenvalue weighted by molar-refractivity contribution is -0.384. The zero-order valence-electron chi connectivity index (χ0n) is 11.9. The summed E-state index contributed by atoms with van der Waals surface area (Å²) in [4.78, 5) is 34.4. The van der Waals surface area contributed by atoms with Gasteiger partial charge in [-0.25, -0.2) is 0 Å². The van der Waals surface area contributed by atoms with Gasteiger partial charge in [-0.1, -0.05) is 18.2 Å². The highest BCUT2D eigenvalue weighted by Crippen LogP contribution is 2.38. The van der Waals surface area contributed by atoms with Crippen LogP contribution < -0.4 is 5.32 Å². The first-order chi connectivity index (χ1) is 10.9. The van der Waals surface area contributed by atoms with Crippen LogP contribution in [-0.2, 0) is 10.4 Å². The number of ketones is 1. The third kappa shape index (κ3) is 2.47. The Morgan fingerprint density at radius 1 is 1.17 bits per heavy atom. The fourth-order valence-corrected chi connectivity index (χ4v) is 2.58. The summed E-state index contributed by atoms with van der Waals surface area (Å²) in [5.41, 5.74) is -1.06. The summed E-state index contributed by atoms with van der Waals surface area (Å²) in [5.74, 6) is -1.14. The van der Waals surface area contributed by atoms with Crippen LogP contribution in [0.3, 0.4) is 0 Å². The highest BCUT2D eigenvalue weighted by Gasteiger charge is 2.46. The number of aliphatic hydroxyl groups is 1. The summed E-state index contributed by atoms with van der Waals surface area (Å²) in [5, 5.41) is 23.8. The molecular weight excluding hydrogens is 300 g/mol. The van der Waals surface area contributed by atoms with Gasteiger partial charge in [-0.05, 0) is 18.2 Å². The molecule has 2 aromatic carbocycles. The molecule has 2 N–H and O–H groups in total. The van der Waals surface area contributed by atoms with Crippen LogP contribution in [0.25, 0.3) is 0 Å². The minimum absolute atomic E-state index is 0.135. The van der Waals surface area contributed by atoms with E-state index in [2.05, 4.69) is 5.32 Å². The first-order valence-electron chi connectivity index (χ1n) is 6.83. The molecule has 0 saturated carbocycles. The van der Waals surface area contributed by atoms with Gasteiger partial charge in [-0.2, -0.15) is 0 Å². The number of nitro groups is 1. The van der Waals surface area contributed by atoms with E-state index in [0.717, 1.165) is 0 Å². The van der Waals surface area contributed by atoms with E-state index in [1.165, 1.54) is 24.3 Å². The second-order valence-corrected chi connectivity index (χ2v) is 5.26. The van der Waals surface area contributed by atoms with Gasteiger partial charge in [0.15, 0.2) is 11.4 Å². The molecule has 116 valence electrons. The summed E-state index contributed by atoms with van der Waals surface area (Å²) in [6.07, 6.45) is -0.437. The lowest BCUT2D eigenvalue weighted by Crippen LogP contribution is -2.36. The predicted molar refractivity (Wildman–Crippen MR) is 81.0 cm³/mol. The van der Waals surface area contributed by atoms with Crippen LogP contribution in [0.2, 0.25) is 0 Å². The van der Waals surface area contributed by atoms with Crippen molar-refractivity contribution < 1.29 is 19.6 Å². The summed E-state index contributed by atoms with van der Waals surface area (Å²) in [6, 6.07) is 11.6. The third-order valence-electron chi connectivity index (χ3n) is 3.81. The van der Waals surface area contributed by atoms with E-state index >= 15 is 0 Å². The Labute approximate surface area is 130 Å². The maximum Gasteiger partial charge on any atom is 0.269 e. The zero-order valence-corrected chi connectivity index (χ0v) is 11.9. The first kappa shape index (κ1) is 14.9. The molecule has 0 fully saturated rings. The number of Topliss-reactive ketones (excluding diaryl/α,β-unsaturated/α-hetero) is 1. The third-order valence-corrected chi connectivity index (χ3v) is 3.81. The van der Waals surface area contributed by atoms with Crippen molar-refractivity contribution in [2.24, 2.45) is 0 Å². The monoisotopic (exact) mass is 312 g/mol. The van der Waals surface area contributed by atoms with Crippen LogP contribution in [0, 0.1) is 10.1 Å². The molecule has 3 rings (SSSR count). The van der Waals surface area contributed by atoms with Gasteiger partial charge in [0.05, 0.1) is 11.3 Å². The van der Waals surface area contributed by atoms with E-state index in [9.17, 15) is 24.8 Å². The summed E-state index contributed by atoms with van der Waals surface area (Å²) >= 11 is 0. The van der Waals surface area contributed by atoms with E-state index < -0.39 is 28.6 Å². The van der Waals surface area contributed by atoms with Crippen molar-refractivity contribution in [2.45, 2.75) is 12.0 Å². The van der Waals surface area contributed by atoms with Gasteiger partial charge in [-0.15, -0.1) is 0 Å². The predicted octanol–water partition coefficient (Wildman–Crippen LogP) is 2.01. The molecule has 0 spiro atoms. The Balaban J connectivity index is 1.87. The molecular formula is C16H12N2O5. The number of hydrogen-bond acceptors (Lipinski definition) is 5. The number of benzene rings is 2. The molecule has 0 bridgehead atoms. The molecule has 1 atom stereocenters. The van der Waals surface area contributed by atoms with Crippen molar-refractivity contribution in [1.82, 2.24) is 0 Å². The molecule has 1 aliphatic rings. The average Bonchev–Trinajstić information content (AvgIpc) is 2.79. The molecule has 0 aliphatic carbocycles. The van der Waals surface area contributed by atoms with E-state index in [1.54, 1.807) is 24.3 Å². The average molecular weight is 312 g/mol. The van der Waals surface area contributed by atoms with Crippen molar-refractivity contribution in [1.29, 1.82) is 0 Å². The Morgan fingerprint density at radius 3 is 2.48 bits per heavy atom. The van der Waals surface area contributed by atoms with E-state index in [4.69, 9.17) is 0 Å². The second-order valence-electron chi connectivity index (χ2n) is 5.26. The zero-order chi connectivity index (χ0) is 16.6. The van der Waals surface area contributed by atoms with Gasteiger partial charge in [0.25, 0.3) is 11.6 Å². The standard InChI is InChI=1S/C16H12N2O5/c19-14(10-5-7-11(8-6-10)18(22)23)9-16(21)12-3-1-2-4-13(12)17-15(16)20/h1-8,21H,9H2,(H,17,20)/t16-/m1/s1. The molecule has 0 saturated heterocycles. The van der Waals surface area contributed by atoms with Crippen LogP contribution >= 0.6 is 0 Å². The summed E-state index contributed by atoms with van der Waals surface area (Å²) < 4.78 is 0. The van der Waals surface area contributed by atoms with Gasteiger partial charge in [-0.3, -0.25) is 19.7 Å². The highest BCUT2D eigenvalue weighted by atomic mass is 16.6. The quantitative estimate of drug-likeness (QED) is 0.510. The van der Waals surface area contributed by atoms with E-state index in [1.807, 2.05) is 0 Å². The minimum atomic E-state index is -1.94. The van der Waals surface area contributed by atoms with Gasteiger partial charge >= 0.3 is 0 Å². The Bertz CT molecular complexity index is 815. The van der Waals surface area contributed by atoms with Crippen molar-refractivity contribution in [3.8, 4) is 0 Å².